The van der Waals surface area contributed by atoms with Crippen LogP contribution in [0.1, 0.15) is 95.7 Å². The van der Waals surface area contributed by atoms with Crippen molar-refractivity contribution in [2.24, 2.45) is 34.6 Å². The minimum absolute atomic E-state index is 0.124. The predicted molar refractivity (Wildman–Crippen MR) is 301 cm³/mol. The fourth-order valence-electron chi connectivity index (χ4n) is 8.15. The van der Waals surface area contributed by atoms with Crippen molar-refractivity contribution in [3.8, 4) is 5.75 Å². The van der Waals surface area contributed by atoms with Crippen LogP contribution in [0.2, 0.25) is 0 Å². The number of aromatic hydroxyl groups is 1. The Kier molecular flexibility index (Phi) is 32.5. The molecule has 2 rings (SSSR count). The number of carboxylic acid groups (broad SMARTS) is 2. The minimum Gasteiger partial charge on any atom is -0.508 e. The van der Waals surface area contributed by atoms with Crippen LogP contribution in [0.5, 0.6) is 5.75 Å². The second-order valence-electron chi connectivity index (χ2n) is 20.4. The number of aromatic nitrogens is 2. The molecule has 0 radical (unpaired) electrons. The number of amides is 11. The van der Waals surface area contributed by atoms with E-state index >= 15 is 0 Å². The monoisotopic (exact) mass is 1220 g/mol. The molecule has 0 bridgehead atoms. The van der Waals surface area contributed by atoms with Gasteiger partial charge in [-0.3, -0.25) is 57.5 Å². The van der Waals surface area contributed by atoms with Crippen LogP contribution in [-0.2, 0) is 75.2 Å². The number of hydrogen-bond donors (Lipinski definition) is 20. The van der Waals surface area contributed by atoms with E-state index in [-0.39, 0.29) is 43.7 Å². The van der Waals surface area contributed by atoms with E-state index < -0.39 is 195 Å². The van der Waals surface area contributed by atoms with Gasteiger partial charge in [0.1, 0.15) is 60.1 Å². The first kappa shape index (κ1) is 73.2. The number of nitrogens with one attached hydrogen (secondary N) is 10. The van der Waals surface area contributed by atoms with Gasteiger partial charge in [0.2, 0.25) is 65.0 Å². The number of carboxylic acids is 2. The molecule has 11 amide bonds. The Bertz CT molecular complexity index is 2610. The summed E-state index contributed by atoms with van der Waals surface area (Å²) in [6, 6.07) is -11.1. The fraction of sp³-hybridized carbons (Fsp3) is 0.577. The molecular formula is C52H82N16O18. The highest BCUT2D eigenvalue weighted by molar-refractivity contribution is 5.99. The third kappa shape index (κ3) is 26.8. The lowest BCUT2D eigenvalue weighted by atomic mass is 10.0. The molecule has 0 fully saturated rings. The topological polar surface area (TPSA) is 590 Å². The normalized spacial score (nSPS) is 14.6. The van der Waals surface area contributed by atoms with E-state index in [0.717, 1.165) is 0 Å². The van der Waals surface area contributed by atoms with Crippen LogP contribution in [0.25, 0.3) is 0 Å². The van der Waals surface area contributed by atoms with E-state index in [1.165, 1.54) is 50.6 Å². The number of aliphatic hydroxyl groups excluding tert-OH is 2. The summed E-state index contributed by atoms with van der Waals surface area (Å²) in [5.74, 6) is -15.6. The van der Waals surface area contributed by atoms with Crippen LogP contribution >= 0.6 is 0 Å². The molecule has 0 saturated carbocycles. The number of nitrogens with two attached hydrogens (primary N) is 5. The molecule has 1 heterocycles. The van der Waals surface area contributed by atoms with Gasteiger partial charge in [0, 0.05) is 37.6 Å². The number of primary amides is 2. The third-order valence-electron chi connectivity index (χ3n) is 13.0. The highest BCUT2D eigenvalue weighted by Crippen LogP contribution is 2.14. The third-order valence-corrected chi connectivity index (χ3v) is 13.0. The first-order valence-corrected chi connectivity index (χ1v) is 27.5. The van der Waals surface area contributed by atoms with E-state index in [2.05, 4.69) is 57.8 Å². The maximum Gasteiger partial charge on any atom is 0.326 e. The Morgan fingerprint density at radius 3 is 1.37 bits per heavy atom. The van der Waals surface area contributed by atoms with Gasteiger partial charge in [-0.25, -0.2) is 9.78 Å². The van der Waals surface area contributed by atoms with Crippen molar-refractivity contribution < 1.29 is 87.9 Å². The second kappa shape index (κ2) is 38.2. The maximum absolute atomic E-state index is 14.5. The second-order valence-corrected chi connectivity index (χ2v) is 20.4. The lowest BCUT2D eigenvalue weighted by molar-refractivity contribution is -0.144. The van der Waals surface area contributed by atoms with Gasteiger partial charge in [-0.2, -0.15) is 0 Å². The smallest absolute Gasteiger partial charge is 0.326 e. The Morgan fingerprint density at radius 2 is 0.930 bits per heavy atom. The molecule has 1 aromatic heterocycles. The predicted octanol–water partition coefficient (Wildman–Crippen LogP) is -7.42. The summed E-state index contributed by atoms with van der Waals surface area (Å²) in [4.78, 5) is 178. The standard InChI is InChI=1S/C52H82N16O18/c1-26(2)42(52(85)86)68-46(79)33(14-16-41(74)75)62-50(83)37(23-69)66-44(77)31(8-4-6-18-54)60-47(80)34(19-27-9-11-29(71)12-10-27)64-45(78)32(13-15-39(56)72)61-48(81)35(20-28-22-58-25-59-28)65-51(84)38(24-70)67-49(82)36(21-40(57)73)63-43(76)30(55)7-3-5-17-53/h9-12,22,25-26,30-38,42,69-71H,3-8,13-21,23-24,53-55H2,1-2H3,(H2,56,72)(H2,57,73)(H,58,59)(H,60,80)(H,61,81)(H,62,83)(H,63,76)(H,64,78)(H,65,84)(H,66,77)(H,67,82)(H,68,79)(H,74,75)(H,85,86)/t30-,31-,32-,33-,34-,35-,36-,37-,38-,42-/m0/s1. The average molecular weight is 1220 g/mol. The van der Waals surface area contributed by atoms with Gasteiger partial charge >= 0.3 is 11.9 Å². The van der Waals surface area contributed by atoms with E-state index in [0.29, 0.717) is 31.4 Å². The Balaban J connectivity index is 2.52. The molecule has 2 aromatic rings. The van der Waals surface area contributed by atoms with Gasteiger partial charge < -0.3 is 107 Å². The average Bonchev–Trinajstić information content (AvgIpc) is 3.62. The number of aliphatic carboxylic acids is 2. The zero-order chi connectivity index (χ0) is 64.6. The number of unbranched alkanes of at least 4 members (excludes halogenated alkanes) is 2. The van der Waals surface area contributed by atoms with E-state index in [1.54, 1.807) is 0 Å². The summed E-state index contributed by atoms with van der Waals surface area (Å²) in [6.45, 7) is 1.19. The molecule has 0 aliphatic heterocycles. The molecule has 0 unspecified atom stereocenters. The first-order chi connectivity index (χ1) is 40.6. The number of phenolic OH excluding ortho intramolecular Hbond substituents is 1. The van der Waals surface area contributed by atoms with Gasteiger partial charge in [-0.1, -0.05) is 32.4 Å². The highest BCUT2D eigenvalue weighted by Gasteiger charge is 2.37. The highest BCUT2D eigenvalue weighted by atomic mass is 16.4. The van der Waals surface area contributed by atoms with Gasteiger partial charge in [0.25, 0.3) is 0 Å². The van der Waals surface area contributed by atoms with Crippen LogP contribution in [0.4, 0.5) is 0 Å². The number of aliphatic hydroxyl groups is 2. The number of hydrogen-bond acceptors (Lipinski definition) is 20. The molecular weight excluding hydrogens is 1140 g/mol. The van der Waals surface area contributed by atoms with Crippen LogP contribution in [0.15, 0.2) is 36.8 Å². The van der Waals surface area contributed by atoms with Crippen molar-refractivity contribution >= 4 is 76.9 Å². The number of H-pyrrole nitrogens is 1. The van der Waals surface area contributed by atoms with Crippen molar-refractivity contribution in [3.63, 3.8) is 0 Å². The largest absolute Gasteiger partial charge is 0.508 e. The number of benzene rings is 1. The van der Waals surface area contributed by atoms with Gasteiger partial charge in [-0.05, 0) is 81.6 Å². The lowest BCUT2D eigenvalue weighted by Crippen LogP contribution is -2.61. The number of carbonyl (C=O) groups is 13. The van der Waals surface area contributed by atoms with Gasteiger partial charge in [-0.15, -0.1) is 0 Å². The quantitative estimate of drug-likeness (QED) is 0.0275. The lowest BCUT2D eigenvalue weighted by Gasteiger charge is -2.28. The van der Waals surface area contributed by atoms with Gasteiger partial charge in [0.05, 0.1) is 32.0 Å². The number of phenols is 1. The number of nitrogens with zero attached hydrogens (tertiary/aromatic N) is 1. The van der Waals surface area contributed by atoms with Crippen molar-refractivity contribution in [2.45, 2.75) is 158 Å². The molecule has 0 aliphatic rings. The maximum atomic E-state index is 14.5. The van der Waals surface area contributed by atoms with Crippen molar-refractivity contribution in [3.05, 3.63) is 48.0 Å². The number of imidazole rings is 1. The van der Waals surface area contributed by atoms with Crippen LogP contribution < -0.4 is 76.5 Å². The molecule has 0 saturated heterocycles. The number of rotatable bonds is 42. The van der Waals surface area contributed by atoms with Crippen LogP contribution in [-0.4, -0.2) is 199 Å². The zero-order valence-electron chi connectivity index (χ0n) is 47.7. The zero-order valence-corrected chi connectivity index (χ0v) is 47.7. The molecule has 0 aliphatic carbocycles. The molecule has 478 valence electrons. The van der Waals surface area contributed by atoms with Crippen molar-refractivity contribution in [2.75, 3.05) is 26.3 Å². The SMILES string of the molecule is CC(C)[C@H](NC(=O)[C@H](CCC(=O)O)NC(=O)[C@H](CO)NC(=O)[C@H](CCCCN)NC(=O)[C@H](Cc1ccc(O)cc1)NC(=O)[C@H](CCC(N)=O)NC(=O)[C@H](Cc1cnc[nH]1)NC(=O)[C@H](CO)NC(=O)[C@H](CC(N)=O)NC(=O)[C@@H](N)CCCCN)C(=O)O. The molecule has 34 heteroatoms. The molecule has 25 N–H and O–H groups in total. The van der Waals surface area contributed by atoms with Crippen LogP contribution in [0.3, 0.4) is 0 Å². The Labute approximate surface area is 493 Å². The van der Waals surface area contributed by atoms with Crippen LogP contribution in [0, 0.1) is 5.92 Å². The minimum atomic E-state index is -1.87. The molecule has 1 aromatic carbocycles. The number of aromatic amines is 1. The summed E-state index contributed by atoms with van der Waals surface area (Å²) in [6.07, 6.45) is 0.105. The van der Waals surface area contributed by atoms with Crippen molar-refractivity contribution in [1.82, 2.24) is 57.8 Å². The molecule has 0 spiro atoms. The summed E-state index contributed by atoms with van der Waals surface area (Å²) in [5.41, 5.74) is 28.5. The summed E-state index contributed by atoms with van der Waals surface area (Å²) >= 11 is 0. The van der Waals surface area contributed by atoms with Gasteiger partial charge in [0.15, 0.2) is 0 Å². The van der Waals surface area contributed by atoms with E-state index in [4.69, 9.17) is 28.7 Å². The molecule has 86 heavy (non-hydrogen) atoms. The first-order valence-electron chi connectivity index (χ1n) is 27.5. The molecule has 10 atom stereocenters. The Hall–Kier alpha value is -8.86. The van der Waals surface area contributed by atoms with Crippen molar-refractivity contribution in [1.29, 1.82) is 0 Å². The summed E-state index contributed by atoms with van der Waals surface area (Å²) in [7, 11) is 0. The summed E-state index contributed by atoms with van der Waals surface area (Å²) < 4.78 is 0. The molecule has 34 nitrogen and oxygen atoms in total. The van der Waals surface area contributed by atoms with E-state index in [9.17, 15) is 87.9 Å². The Morgan fingerprint density at radius 1 is 0.512 bits per heavy atom. The fourth-order valence-corrected chi connectivity index (χ4v) is 8.15. The summed E-state index contributed by atoms with van der Waals surface area (Å²) in [5, 5.41) is 70.5. The van der Waals surface area contributed by atoms with E-state index in [1.807, 2.05) is 0 Å². The number of carbonyl (C=O) groups excluding carboxylic acids is 11.